The first kappa shape index (κ1) is 15.6. The lowest BCUT2D eigenvalue weighted by Crippen LogP contribution is -2.24. The van der Waals surface area contributed by atoms with E-state index in [1.54, 1.807) is 0 Å². The maximum absolute atomic E-state index is 12.4. The molecule has 114 valence electrons. The minimum absolute atomic E-state index is 0.132. The number of nitrogens with zero attached hydrogens (tertiary/aromatic N) is 2. The summed E-state index contributed by atoms with van der Waals surface area (Å²) in [6, 6.07) is 0. The Hall–Kier alpha value is -1.75. The zero-order valence-corrected chi connectivity index (χ0v) is 13.0. The van der Waals surface area contributed by atoms with Crippen molar-refractivity contribution in [1.29, 1.82) is 0 Å². The third-order valence-corrected chi connectivity index (χ3v) is 3.73. The van der Waals surface area contributed by atoms with E-state index in [-0.39, 0.29) is 11.7 Å². The van der Waals surface area contributed by atoms with E-state index in [0.717, 1.165) is 41.9 Å². The Morgan fingerprint density at radius 3 is 2.67 bits per heavy atom. The fourth-order valence-electron chi connectivity index (χ4n) is 2.57. The van der Waals surface area contributed by atoms with Crippen LogP contribution < -0.4 is 5.48 Å². The number of aromatic nitrogens is 2. The van der Waals surface area contributed by atoms with Gasteiger partial charge in [-0.15, -0.1) is 0 Å². The van der Waals surface area contributed by atoms with Gasteiger partial charge in [-0.2, -0.15) is 0 Å². The highest BCUT2D eigenvalue weighted by molar-refractivity contribution is 5.97. The van der Waals surface area contributed by atoms with Crippen molar-refractivity contribution in [2.75, 3.05) is 6.61 Å². The van der Waals surface area contributed by atoms with Crippen molar-refractivity contribution >= 4 is 5.78 Å². The monoisotopic (exact) mass is 289 g/mol. The number of nitrogens with one attached hydrogen (secondary N) is 1. The number of hydroxylamine groups is 1. The molecular formula is C16H23N3O2. The molecule has 1 fully saturated rings. The first-order valence-corrected chi connectivity index (χ1v) is 7.57. The van der Waals surface area contributed by atoms with Crippen molar-refractivity contribution in [3.8, 4) is 0 Å². The summed E-state index contributed by atoms with van der Waals surface area (Å²) in [6.45, 7) is 6.48. The Bertz CT molecular complexity index is 523. The highest BCUT2D eigenvalue weighted by atomic mass is 16.6. The molecule has 0 amide bonds. The molecule has 0 saturated heterocycles. The van der Waals surface area contributed by atoms with Crippen molar-refractivity contribution in [2.24, 2.45) is 0 Å². The van der Waals surface area contributed by atoms with Crippen LogP contribution in [0.3, 0.4) is 0 Å². The van der Waals surface area contributed by atoms with Crippen LogP contribution in [0.15, 0.2) is 23.7 Å². The number of allylic oxidation sites excluding steroid dienone is 2. The van der Waals surface area contributed by atoms with Gasteiger partial charge in [0, 0.05) is 36.0 Å². The van der Waals surface area contributed by atoms with Gasteiger partial charge in [-0.1, -0.05) is 6.92 Å². The topological polar surface area (TPSA) is 64.1 Å². The first-order valence-electron chi connectivity index (χ1n) is 7.57. The summed E-state index contributed by atoms with van der Waals surface area (Å²) >= 11 is 0. The lowest BCUT2D eigenvalue weighted by molar-refractivity contribution is -0.117. The summed E-state index contributed by atoms with van der Waals surface area (Å²) in [4.78, 5) is 26.3. The maximum atomic E-state index is 12.4. The SMILES string of the molecule is CCON/C(CC)=C1\CCC(c2ncc(C)cn2)CC1=O. The van der Waals surface area contributed by atoms with Crippen molar-refractivity contribution in [3.05, 3.63) is 35.1 Å². The molecule has 0 aliphatic heterocycles. The van der Waals surface area contributed by atoms with E-state index >= 15 is 0 Å². The van der Waals surface area contributed by atoms with E-state index in [9.17, 15) is 4.79 Å². The van der Waals surface area contributed by atoms with Crippen molar-refractivity contribution in [3.63, 3.8) is 0 Å². The highest BCUT2D eigenvalue weighted by Crippen LogP contribution is 2.33. The molecule has 1 saturated carbocycles. The molecule has 0 radical (unpaired) electrons. The van der Waals surface area contributed by atoms with Gasteiger partial charge >= 0.3 is 0 Å². The number of carbonyl (C=O) groups excluding carboxylic acids is 1. The third kappa shape index (κ3) is 3.88. The Balaban J connectivity index is 2.09. The lowest BCUT2D eigenvalue weighted by Gasteiger charge is -2.24. The van der Waals surface area contributed by atoms with E-state index in [1.165, 1.54) is 0 Å². The predicted octanol–water partition coefficient (Wildman–Crippen LogP) is 2.83. The minimum atomic E-state index is 0.132. The van der Waals surface area contributed by atoms with Crippen LogP contribution in [0.25, 0.3) is 0 Å². The number of ketones is 1. The molecule has 0 bridgehead atoms. The summed E-state index contributed by atoms with van der Waals surface area (Å²) in [5, 5.41) is 0. The highest BCUT2D eigenvalue weighted by Gasteiger charge is 2.28. The molecule has 0 aromatic carbocycles. The largest absolute Gasteiger partial charge is 0.294 e. The van der Waals surface area contributed by atoms with Gasteiger partial charge in [0.1, 0.15) is 5.82 Å². The Morgan fingerprint density at radius 2 is 2.10 bits per heavy atom. The molecule has 1 atom stereocenters. The molecule has 1 unspecified atom stereocenters. The van der Waals surface area contributed by atoms with E-state index in [0.29, 0.717) is 13.0 Å². The standard InChI is InChI=1S/C16H23N3O2/c1-4-14(19-21-5-2)13-7-6-12(8-15(13)20)16-17-9-11(3)10-18-16/h9-10,12,19H,4-8H2,1-3H3/b14-13+. The molecular weight excluding hydrogens is 266 g/mol. The summed E-state index contributed by atoms with van der Waals surface area (Å²) in [7, 11) is 0. The Labute approximate surface area is 125 Å². The molecule has 0 spiro atoms. The van der Waals surface area contributed by atoms with Gasteiger partial charge in [0.05, 0.1) is 6.61 Å². The van der Waals surface area contributed by atoms with E-state index < -0.39 is 0 Å². The van der Waals surface area contributed by atoms with Gasteiger partial charge in [0.25, 0.3) is 0 Å². The molecule has 1 aliphatic rings. The summed E-state index contributed by atoms with van der Waals surface area (Å²) < 4.78 is 0. The number of Topliss-reactive ketones (excluding diaryl/α,β-unsaturated/α-hetero) is 1. The van der Waals surface area contributed by atoms with Crippen molar-refractivity contribution < 1.29 is 9.63 Å². The second-order valence-corrected chi connectivity index (χ2v) is 5.33. The minimum Gasteiger partial charge on any atom is -0.294 e. The van der Waals surface area contributed by atoms with Gasteiger partial charge in [0.2, 0.25) is 0 Å². The quantitative estimate of drug-likeness (QED) is 0.667. The second-order valence-electron chi connectivity index (χ2n) is 5.33. The molecule has 1 aromatic rings. The Kier molecular flexibility index (Phi) is 5.44. The van der Waals surface area contributed by atoms with Crippen LogP contribution >= 0.6 is 0 Å². The second kappa shape index (κ2) is 7.31. The number of hydrogen-bond donors (Lipinski definition) is 1. The number of hydrogen-bond acceptors (Lipinski definition) is 5. The van der Waals surface area contributed by atoms with Gasteiger partial charge < -0.3 is 0 Å². The van der Waals surface area contributed by atoms with Crippen molar-refractivity contribution in [1.82, 2.24) is 15.4 Å². The molecule has 1 N–H and O–H groups in total. The average molecular weight is 289 g/mol. The van der Waals surface area contributed by atoms with Crippen LogP contribution in [0, 0.1) is 6.92 Å². The number of aryl methyl sites for hydroxylation is 1. The molecule has 21 heavy (non-hydrogen) atoms. The van der Waals surface area contributed by atoms with Gasteiger partial charge in [-0.05, 0) is 38.7 Å². The van der Waals surface area contributed by atoms with Crippen molar-refractivity contribution in [2.45, 2.75) is 52.4 Å². The molecule has 5 nitrogen and oxygen atoms in total. The van der Waals surface area contributed by atoms with Gasteiger partial charge in [-0.3, -0.25) is 15.1 Å². The molecule has 1 aliphatic carbocycles. The smallest absolute Gasteiger partial charge is 0.161 e. The van der Waals surface area contributed by atoms with E-state index in [4.69, 9.17) is 4.84 Å². The summed E-state index contributed by atoms with van der Waals surface area (Å²) in [5.41, 5.74) is 5.72. The normalized spacial score (nSPS) is 21.3. The van der Waals surface area contributed by atoms with E-state index in [2.05, 4.69) is 15.4 Å². The molecule has 1 aromatic heterocycles. The fraction of sp³-hybridized carbons (Fsp3) is 0.562. The zero-order chi connectivity index (χ0) is 15.2. The van der Waals surface area contributed by atoms with Crippen LogP contribution in [0.1, 0.15) is 56.8 Å². The number of carbonyl (C=O) groups is 1. The number of rotatable bonds is 5. The summed E-state index contributed by atoms with van der Waals surface area (Å²) in [5.74, 6) is 1.09. The fourth-order valence-corrected chi connectivity index (χ4v) is 2.57. The van der Waals surface area contributed by atoms with E-state index in [1.807, 2.05) is 33.2 Å². The van der Waals surface area contributed by atoms with Crippen LogP contribution in [-0.2, 0) is 9.63 Å². The van der Waals surface area contributed by atoms with Crippen LogP contribution in [0.2, 0.25) is 0 Å². The third-order valence-electron chi connectivity index (χ3n) is 3.73. The Morgan fingerprint density at radius 1 is 1.38 bits per heavy atom. The summed E-state index contributed by atoms with van der Waals surface area (Å²) in [6.07, 6.45) is 6.53. The van der Waals surface area contributed by atoms with Gasteiger partial charge in [0.15, 0.2) is 5.78 Å². The zero-order valence-electron chi connectivity index (χ0n) is 13.0. The molecule has 2 rings (SSSR count). The maximum Gasteiger partial charge on any atom is 0.161 e. The molecule has 1 heterocycles. The van der Waals surface area contributed by atoms with Gasteiger partial charge in [-0.25, -0.2) is 9.97 Å². The van der Waals surface area contributed by atoms with Crippen LogP contribution in [0.4, 0.5) is 0 Å². The van der Waals surface area contributed by atoms with Crippen LogP contribution in [-0.4, -0.2) is 22.4 Å². The predicted molar refractivity (Wildman–Crippen MR) is 80.4 cm³/mol. The first-order chi connectivity index (χ1) is 10.2. The average Bonchev–Trinajstić information content (AvgIpc) is 2.50. The molecule has 5 heteroatoms. The lowest BCUT2D eigenvalue weighted by atomic mass is 9.83. The van der Waals surface area contributed by atoms with Crippen LogP contribution in [0.5, 0.6) is 0 Å².